The lowest BCUT2D eigenvalue weighted by molar-refractivity contribution is -0.0891. The van der Waals surface area contributed by atoms with Crippen molar-refractivity contribution in [2.24, 2.45) is 0 Å². The van der Waals surface area contributed by atoms with Crippen molar-refractivity contribution in [2.45, 2.75) is 24.9 Å². The molecule has 0 unspecified atom stereocenters. The Kier molecular flexibility index (Phi) is 3.08. The largest absolute Gasteiger partial charge is 0.486 e. The first-order chi connectivity index (χ1) is 9.63. The topological polar surface area (TPSA) is 55.8 Å². The molecule has 0 aromatic heterocycles. The number of carbonyl (C=O) groups is 2. The predicted molar refractivity (Wildman–Crippen MR) is 67.1 cm³/mol. The number of Topliss-reactive ketones (excluding diaryl/α,β-unsaturated/α-hetero) is 1. The molecule has 1 saturated heterocycles. The van der Waals surface area contributed by atoms with Gasteiger partial charge in [0, 0.05) is 30.5 Å². The fraction of sp³-hybridized carbons (Fsp3) is 0.429. The predicted octanol–water partition coefficient (Wildman–Crippen LogP) is 2.51. The number of fused-ring (bicyclic) bond motifs is 1. The Morgan fingerprint density at radius 3 is 2.70 bits per heavy atom. The minimum absolute atomic E-state index is 0.0494. The van der Waals surface area contributed by atoms with E-state index in [1.165, 1.54) is 4.90 Å². The van der Waals surface area contributed by atoms with Crippen molar-refractivity contribution in [3.05, 3.63) is 29.8 Å². The van der Waals surface area contributed by atoms with Crippen molar-refractivity contribution < 1.29 is 23.8 Å². The second-order valence-electron chi connectivity index (χ2n) is 5.21. The summed E-state index contributed by atoms with van der Waals surface area (Å²) < 4.78 is 17.9. The molecule has 2 aliphatic heterocycles. The van der Waals surface area contributed by atoms with Gasteiger partial charge in [-0.25, -0.2) is 9.74 Å². The molecule has 0 aliphatic carbocycles. The molecule has 1 aromatic carbocycles. The third-order valence-electron chi connectivity index (χ3n) is 4.00. The van der Waals surface area contributed by atoms with Crippen molar-refractivity contribution in [2.75, 3.05) is 13.1 Å². The van der Waals surface area contributed by atoms with Crippen LogP contribution < -0.4 is 4.74 Å². The summed E-state index contributed by atoms with van der Waals surface area (Å²) in [5, 5.41) is 0. The Morgan fingerprint density at radius 1 is 1.30 bits per heavy atom. The van der Waals surface area contributed by atoms with Crippen LogP contribution in [0.25, 0.3) is 0 Å². The maximum absolute atomic E-state index is 12.2. The minimum atomic E-state index is -0.984. The molecule has 2 aliphatic rings. The molecule has 1 aromatic rings. The molecule has 20 heavy (non-hydrogen) atoms. The average molecular weight is 279 g/mol. The maximum atomic E-state index is 12.2. The number of nitrogens with zero attached hydrogens (tertiary/aromatic N) is 1. The summed E-state index contributed by atoms with van der Waals surface area (Å²) in [5.74, 6) is 0.638. The number of para-hydroxylation sites is 1. The highest BCUT2D eigenvalue weighted by Gasteiger charge is 2.43. The van der Waals surface area contributed by atoms with Crippen LogP contribution >= 0.6 is 0 Å². The first-order valence-electron chi connectivity index (χ1n) is 6.52. The fourth-order valence-corrected chi connectivity index (χ4v) is 2.87. The molecule has 0 atom stereocenters. The molecule has 1 fully saturated rings. The van der Waals surface area contributed by atoms with Crippen molar-refractivity contribution in [1.29, 1.82) is 0 Å². The van der Waals surface area contributed by atoms with Crippen LogP contribution in [0.2, 0.25) is 0 Å². The van der Waals surface area contributed by atoms with Gasteiger partial charge in [-0.3, -0.25) is 4.79 Å². The Balaban J connectivity index is 1.77. The molecular weight excluding hydrogens is 265 g/mol. The summed E-state index contributed by atoms with van der Waals surface area (Å²) >= 11 is 0. The van der Waals surface area contributed by atoms with Crippen molar-refractivity contribution >= 4 is 11.9 Å². The normalized spacial score (nSPS) is 20.2. The minimum Gasteiger partial charge on any atom is -0.486 e. The van der Waals surface area contributed by atoms with E-state index in [-0.39, 0.29) is 5.78 Å². The number of carbonyl (C=O) groups excluding carboxylic acids is 2. The third kappa shape index (κ3) is 2.11. The molecule has 0 N–H and O–H groups in total. The van der Waals surface area contributed by atoms with Gasteiger partial charge in [-0.1, -0.05) is 12.1 Å². The Bertz CT molecular complexity index is 552. The fourth-order valence-electron chi connectivity index (χ4n) is 2.87. The molecule has 6 heteroatoms. The summed E-state index contributed by atoms with van der Waals surface area (Å²) in [6.07, 6.45) is 0.287. The van der Waals surface area contributed by atoms with Gasteiger partial charge in [-0.05, 0) is 12.1 Å². The van der Waals surface area contributed by atoms with Crippen LogP contribution in [0, 0.1) is 0 Å². The lowest BCUT2D eigenvalue weighted by atomic mass is 9.82. The number of ketones is 1. The first-order valence-corrected chi connectivity index (χ1v) is 6.52. The van der Waals surface area contributed by atoms with Crippen LogP contribution in [-0.4, -0.2) is 35.5 Å². The molecular formula is C14H14FNO4. The van der Waals surface area contributed by atoms with Crippen molar-refractivity contribution in [3.63, 3.8) is 0 Å². The van der Waals surface area contributed by atoms with Crippen LogP contribution in [0.5, 0.6) is 5.75 Å². The number of ether oxygens (including phenoxy) is 1. The van der Waals surface area contributed by atoms with Gasteiger partial charge in [-0.2, -0.15) is 0 Å². The number of piperidine rings is 1. The molecule has 3 rings (SSSR count). The second-order valence-corrected chi connectivity index (χ2v) is 5.21. The van der Waals surface area contributed by atoms with Gasteiger partial charge in [0.15, 0.2) is 5.78 Å². The molecule has 5 nitrogen and oxygen atoms in total. The lowest BCUT2D eigenvalue weighted by Gasteiger charge is -2.43. The Labute approximate surface area is 115 Å². The highest BCUT2D eigenvalue weighted by atomic mass is 19.3. The zero-order valence-corrected chi connectivity index (χ0v) is 10.8. The highest BCUT2D eigenvalue weighted by Crippen LogP contribution is 2.39. The van der Waals surface area contributed by atoms with E-state index in [0.29, 0.717) is 43.7 Å². The number of hydrogen-bond donors (Lipinski definition) is 0. The molecule has 1 spiro atoms. The molecule has 0 radical (unpaired) electrons. The Hall–Kier alpha value is -2.11. The van der Waals surface area contributed by atoms with Gasteiger partial charge in [0.2, 0.25) is 0 Å². The van der Waals surface area contributed by atoms with Gasteiger partial charge < -0.3 is 9.64 Å². The van der Waals surface area contributed by atoms with E-state index in [1.807, 2.05) is 6.07 Å². The number of likely N-dealkylation sites (tertiary alicyclic amines) is 1. The molecule has 2 heterocycles. The van der Waals surface area contributed by atoms with Gasteiger partial charge in [-0.15, -0.1) is 0 Å². The smallest absolute Gasteiger partial charge is 0.447 e. The lowest BCUT2D eigenvalue weighted by Crippen LogP contribution is -2.52. The standard InChI is InChI=1S/C14H14FNO4/c15-20-13(18)16-7-5-14(6-8-16)9-11(17)10-3-1-2-4-12(10)19-14/h1-4H,5-9H2. The number of amides is 1. The second kappa shape index (κ2) is 4.77. The molecule has 1 amide bonds. The molecule has 0 saturated carbocycles. The monoisotopic (exact) mass is 279 g/mol. The Morgan fingerprint density at radius 2 is 2.00 bits per heavy atom. The van der Waals surface area contributed by atoms with Gasteiger partial charge >= 0.3 is 6.09 Å². The van der Waals surface area contributed by atoms with Crippen LogP contribution in [0.3, 0.4) is 0 Å². The van der Waals surface area contributed by atoms with E-state index in [9.17, 15) is 14.1 Å². The zero-order valence-electron chi connectivity index (χ0n) is 10.8. The molecule has 0 bridgehead atoms. The van der Waals surface area contributed by atoms with Crippen LogP contribution in [0.1, 0.15) is 29.6 Å². The summed E-state index contributed by atoms with van der Waals surface area (Å²) in [6, 6.07) is 7.15. The number of benzene rings is 1. The van der Waals surface area contributed by atoms with E-state index >= 15 is 0 Å². The van der Waals surface area contributed by atoms with Gasteiger partial charge in [0.1, 0.15) is 11.4 Å². The number of hydrogen-bond acceptors (Lipinski definition) is 4. The van der Waals surface area contributed by atoms with Gasteiger partial charge in [0.05, 0.1) is 12.0 Å². The van der Waals surface area contributed by atoms with Crippen molar-refractivity contribution in [1.82, 2.24) is 4.90 Å². The number of halogens is 1. The third-order valence-corrected chi connectivity index (χ3v) is 4.00. The van der Waals surface area contributed by atoms with Crippen LogP contribution in [-0.2, 0) is 4.94 Å². The maximum Gasteiger partial charge on any atom is 0.447 e. The summed E-state index contributed by atoms with van der Waals surface area (Å²) in [5.41, 5.74) is 0.0159. The quantitative estimate of drug-likeness (QED) is 0.732. The van der Waals surface area contributed by atoms with E-state index in [1.54, 1.807) is 18.2 Å². The van der Waals surface area contributed by atoms with Gasteiger partial charge in [0.25, 0.3) is 0 Å². The van der Waals surface area contributed by atoms with Crippen LogP contribution in [0.15, 0.2) is 24.3 Å². The summed E-state index contributed by atoms with van der Waals surface area (Å²) in [7, 11) is 0. The van der Waals surface area contributed by atoms with E-state index in [2.05, 4.69) is 4.94 Å². The number of rotatable bonds is 0. The summed E-state index contributed by atoms with van der Waals surface area (Å²) in [4.78, 5) is 27.8. The SMILES string of the molecule is O=C1CC2(CCN(C(=O)OF)CC2)Oc2ccccc21. The van der Waals surface area contributed by atoms with Crippen LogP contribution in [0.4, 0.5) is 9.32 Å². The van der Waals surface area contributed by atoms with Crippen molar-refractivity contribution in [3.8, 4) is 5.75 Å². The highest BCUT2D eigenvalue weighted by molar-refractivity contribution is 6.00. The molecule has 106 valence electrons. The first kappa shape index (κ1) is 12.9. The van der Waals surface area contributed by atoms with E-state index in [0.717, 1.165) is 0 Å². The van der Waals surface area contributed by atoms with E-state index < -0.39 is 11.7 Å². The summed E-state index contributed by atoms with van der Waals surface area (Å²) in [6.45, 7) is 0.635. The zero-order chi connectivity index (χ0) is 14.2. The van der Waals surface area contributed by atoms with E-state index in [4.69, 9.17) is 4.74 Å². The average Bonchev–Trinajstić information content (AvgIpc) is 2.47.